The fourth-order valence-electron chi connectivity index (χ4n) is 3.32. The van der Waals surface area contributed by atoms with E-state index in [0.29, 0.717) is 6.04 Å². The van der Waals surface area contributed by atoms with E-state index in [2.05, 4.69) is 37.4 Å². The van der Waals surface area contributed by atoms with Crippen LogP contribution in [0.5, 0.6) is 0 Å². The Balaban J connectivity index is 1.78. The van der Waals surface area contributed by atoms with Gasteiger partial charge in [-0.3, -0.25) is 4.90 Å². The molecular weight excluding hydrogens is 262 g/mol. The summed E-state index contributed by atoms with van der Waals surface area (Å²) < 4.78 is 0. The summed E-state index contributed by atoms with van der Waals surface area (Å²) >= 11 is 0. The van der Waals surface area contributed by atoms with E-state index >= 15 is 0 Å². The van der Waals surface area contributed by atoms with Crippen molar-refractivity contribution < 1.29 is 4.79 Å². The molecule has 0 bridgehead atoms. The molecule has 2 aliphatic heterocycles. The largest absolute Gasteiger partial charge is 0.324 e. The van der Waals surface area contributed by atoms with Gasteiger partial charge in [0.1, 0.15) is 0 Å². The number of carbonyl (C=O) groups excluding carboxylic acids is 1. The van der Waals surface area contributed by atoms with Gasteiger partial charge in [0.2, 0.25) is 0 Å². The lowest BCUT2D eigenvalue weighted by Gasteiger charge is -2.26. The Labute approximate surface area is 127 Å². The highest BCUT2D eigenvalue weighted by atomic mass is 16.2. The molecule has 1 atom stereocenters. The van der Waals surface area contributed by atoms with Gasteiger partial charge in [-0.25, -0.2) is 4.79 Å². The summed E-state index contributed by atoms with van der Waals surface area (Å²) in [6, 6.07) is 9.33. The number of carbonyl (C=O) groups is 1. The standard InChI is InChI=1S/C17H25N3O/c1-13(2)19-10-11-20(17(19)21)15-7-5-6-14(12-15)16-8-3-4-9-18-16/h5-7,12-13,16,18H,3-4,8-11H2,1-2H3. The summed E-state index contributed by atoms with van der Waals surface area (Å²) in [5, 5.41) is 3.58. The second kappa shape index (κ2) is 6.06. The Morgan fingerprint density at radius 2 is 2.10 bits per heavy atom. The summed E-state index contributed by atoms with van der Waals surface area (Å²) in [6.07, 6.45) is 3.74. The van der Waals surface area contributed by atoms with Crippen LogP contribution in [-0.2, 0) is 0 Å². The molecule has 2 saturated heterocycles. The highest BCUT2D eigenvalue weighted by Gasteiger charge is 2.31. The number of nitrogens with zero attached hydrogens (tertiary/aromatic N) is 2. The number of rotatable bonds is 3. The summed E-state index contributed by atoms with van der Waals surface area (Å²) in [7, 11) is 0. The third-order valence-corrected chi connectivity index (χ3v) is 4.56. The molecule has 4 nitrogen and oxygen atoms in total. The van der Waals surface area contributed by atoms with Crippen molar-refractivity contribution in [2.45, 2.75) is 45.2 Å². The van der Waals surface area contributed by atoms with Gasteiger partial charge in [0.15, 0.2) is 0 Å². The normalized spacial score (nSPS) is 23.2. The van der Waals surface area contributed by atoms with E-state index < -0.39 is 0 Å². The Morgan fingerprint density at radius 1 is 1.24 bits per heavy atom. The maximum absolute atomic E-state index is 12.5. The average Bonchev–Trinajstić information content (AvgIpc) is 2.90. The molecule has 0 spiro atoms. The number of hydrogen-bond donors (Lipinski definition) is 1. The first-order valence-corrected chi connectivity index (χ1v) is 8.08. The molecule has 0 aromatic heterocycles. The van der Waals surface area contributed by atoms with E-state index in [4.69, 9.17) is 0 Å². The van der Waals surface area contributed by atoms with Gasteiger partial charge in [-0.15, -0.1) is 0 Å². The zero-order chi connectivity index (χ0) is 14.8. The van der Waals surface area contributed by atoms with Crippen molar-refractivity contribution in [3.8, 4) is 0 Å². The fourth-order valence-corrected chi connectivity index (χ4v) is 3.32. The van der Waals surface area contributed by atoms with Crippen LogP contribution >= 0.6 is 0 Å². The van der Waals surface area contributed by atoms with Crippen LogP contribution in [0.15, 0.2) is 24.3 Å². The Bertz CT molecular complexity index is 509. The van der Waals surface area contributed by atoms with Crippen LogP contribution in [0.2, 0.25) is 0 Å². The van der Waals surface area contributed by atoms with Gasteiger partial charge < -0.3 is 10.2 Å². The minimum absolute atomic E-state index is 0.138. The second-order valence-electron chi connectivity index (χ2n) is 6.32. The average molecular weight is 287 g/mol. The van der Waals surface area contributed by atoms with Gasteiger partial charge in [-0.05, 0) is 50.9 Å². The molecule has 2 aliphatic rings. The predicted molar refractivity (Wildman–Crippen MR) is 85.6 cm³/mol. The minimum Gasteiger partial charge on any atom is -0.320 e. The van der Waals surface area contributed by atoms with Gasteiger partial charge in [0, 0.05) is 30.9 Å². The molecule has 1 aromatic carbocycles. The maximum atomic E-state index is 12.5. The molecule has 2 fully saturated rings. The molecule has 3 rings (SSSR count). The molecule has 1 N–H and O–H groups in total. The van der Waals surface area contributed by atoms with Crippen molar-refractivity contribution in [3.63, 3.8) is 0 Å². The summed E-state index contributed by atoms with van der Waals surface area (Å²) in [6.45, 7) is 6.85. The highest BCUT2D eigenvalue weighted by molar-refractivity contribution is 5.94. The lowest BCUT2D eigenvalue weighted by Crippen LogP contribution is -2.36. The van der Waals surface area contributed by atoms with E-state index in [0.717, 1.165) is 25.3 Å². The fraction of sp³-hybridized carbons (Fsp3) is 0.588. The first-order valence-electron chi connectivity index (χ1n) is 8.08. The summed E-state index contributed by atoms with van der Waals surface area (Å²) in [5.41, 5.74) is 2.34. The highest BCUT2D eigenvalue weighted by Crippen LogP contribution is 2.28. The first kappa shape index (κ1) is 14.4. The maximum Gasteiger partial charge on any atom is 0.324 e. The molecule has 0 radical (unpaired) electrons. The van der Waals surface area contributed by atoms with Gasteiger partial charge in [-0.1, -0.05) is 18.6 Å². The van der Waals surface area contributed by atoms with Crippen LogP contribution in [0.3, 0.4) is 0 Å². The van der Waals surface area contributed by atoms with Crippen molar-refractivity contribution >= 4 is 11.7 Å². The molecule has 2 heterocycles. The topological polar surface area (TPSA) is 35.6 Å². The quantitative estimate of drug-likeness (QED) is 0.927. The molecular formula is C17H25N3O. The summed E-state index contributed by atoms with van der Waals surface area (Å²) in [5.74, 6) is 0. The Hall–Kier alpha value is -1.55. The third kappa shape index (κ3) is 2.91. The third-order valence-electron chi connectivity index (χ3n) is 4.56. The molecule has 21 heavy (non-hydrogen) atoms. The van der Waals surface area contributed by atoms with Crippen LogP contribution < -0.4 is 10.2 Å². The second-order valence-corrected chi connectivity index (χ2v) is 6.32. The van der Waals surface area contributed by atoms with Gasteiger partial charge in [0.25, 0.3) is 0 Å². The van der Waals surface area contributed by atoms with E-state index in [1.807, 2.05) is 15.9 Å². The predicted octanol–water partition coefficient (Wildman–Crippen LogP) is 3.15. The first-order chi connectivity index (χ1) is 10.2. The van der Waals surface area contributed by atoms with Crippen LogP contribution in [-0.4, -0.2) is 36.6 Å². The number of piperidine rings is 1. The van der Waals surface area contributed by atoms with Crippen molar-refractivity contribution in [3.05, 3.63) is 29.8 Å². The monoisotopic (exact) mass is 287 g/mol. The number of urea groups is 1. The van der Waals surface area contributed by atoms with Crippen molar-refractivity contribution in [1.82, 2.24) is 10.2 Å². The van der Waals surface area contributed by atoms with E-state index in [1.54, 1.807) is 0 Å². The van der Waals surface area contributed by atoms with Crippen molar-refractivity contribution in [2.75, 3.05) is 24.5 Å². The number of benzene rings is 1. The summed E-state index contributed by atoms with van der Waals surface area (Å²) in [4.78, 5) is 16.3. The molecule has 4 heteroatoms. The van der Waals surface area contributed by atoms with Gasteiger partial charge in [-0.2, -0.15) is 0 Å². The number of anilines is 1. The van der Waals surface area contributed by atoms with Crippen LogP contribution in [0.25, 0.3) is 0 Å². The SMILES string of the molecule is CC(C)N1CCN(c2cccc(C3CCCCN3)c2)C1=O. The Kier molecular flexibility index (Phi) is 4.15. The molecule has 1 aromatic rings. The van der Waals surface area contributed by atoms with Gasteiger partial charge >= 0.3 is 6.03 Å². The van der Waals surface area contributed by atoms with E-state index in [1.165, 1.54) is 24.8 Å². The zero-order valence-corrected chi connectivity index (χ0v) is 13.0. The molecule has 114 valence electrons. The lowest BCUT2D eigenvalue weighted by atomic mass is 9.97. The van der Waals surface area contributed by atoms with Crippen LogP contribution in [0.1, 0.15) is 44.7 Å². The van der Waals surface area contributed by atoms with Crippen molar-refractivity contribution in [2.24, 2.45) is 0 Å². The Morgan fingerprint density at radius 3 is 2.76 bits per heavy atom. The van der Waals surface area contributed by atoms with Crippen LogP contribution in [0, 0.1) is 0 Å². The smallest absolute Gasteiger partial charge is 0.320 e. The molecule has 0 saturated carbocycles. The van der Waals surface area contributed by atoms with Gasteiger partial charge in [0.05, 0.1) is 0 Å². The van der Waals surface area contributed by atoms with E-state index in [-0.39, 0.29) is 12.1 Å². The number of hydrogen-bond acceptors (Lipinski definition) is 2. The zero-order valence-electron chi connectivity index (χ0n) is 13.0. The molecule has 2 amide bonds. The minimum atomic E-state index is 0.138. The lowest BCUT2D eigenvalue weighted by molar-refractivity contribution is 0.209. The van der Waals surface area contributed by atoms with E-state index in [9.17, 15) is 4.79 Å². The van der Waals surface area contributed by atoms with Crippen LogP contribution in [0.4, 0.5) is 10.5 Å². The molecule has 1 unspecified atom stereocenters. The molecule has 0 aliphatic carbocycles. The number of amides is 2. The number of nitrogens with one attached hydrogen (secondary N) is 1. The van der Waals surface area contributed by atoms with Crippen molar-refractivity contribution in [1.29, 1.82) is 0 Å².